The zero-order chi connectivity index (χ0) is 12.8. The van der Waals surface area contributed by atoms with Gasteiger partial charge < -0.3 is 14.8 Å². The lowest BCUT2D eigenvalue weighted by Gasteiger charge is -2.21. The number of hydrogen-bond acceptors (Lipinski definition) is 4. The van der Waals surface area contributed by atoms with Crippen LogP contribution in [0.5, 0.6) is 0 Å². The Kier molecular flexibility index (Phi) is 5.38. The fraction of sp³-hybridized carbons (Fsp3) is 0.615. The number of nitrogens with zero attached hydrogens (tertiary/aromatic N) is 1. The Morgan fingerprint density at radius 3 is 2.94 bits per heavy atom. The van der Waals surface area contributed by atoms with Crippen LogP contribution in [-0.4, -0.2) is 37.1 Å². The number of aromatic nitrogens is 1. The van der Waals surface area contributed by atoms with Crippen LogP contribution in [0.25, 0.3) is 0 Å². The summed E-state index contributed by atoms with van der Waals surface area (Å²) in [6.45, 7) is 4.40. The molecule has 1 aliphatic rings. The number of likely N-dealkylation sites (N-methyl/N-ethyl adjacent to an activating group) is 1. The summed E-state index contributed by atoms with van der Waals surface area (Å²) in [6.07, 6.45) is 5.06. The number of hydrogen-bond donors (Lipinski definition) is 1. The molecule has 1 N–H and O–H groups in total. The summed E-state index contributed by atoms with van der Waals surface area (Å²) >= 11 is 6.13. The van der Waals surface area contributed by atoms with Crippen molar-refractivity contribution in [2.75, 3.05) is 19.8 Å². The molecule has 1 fully saturated rings. The Labute approximate surface area is 113 Å². The molecular weight excluding hydrogens is 252 g/mol. The van der Waals surface area contributed by atoms with Gasteiger partial charge in [-0.15, -0.1) is 0 Å². The van der Waals surface area contributed by atoms with Gasteiger partial charge in [0.2, 0.25) is 0 Å². The van der Waals surface area contributed by atoms with Crippen LogP contribution in [0.1, 0.15) is 18.9 Å². The highest BCUT2D eigenvalue weighted by Gasteiger charge is 2.21. The second-order valence-electron chi connectivity index (χ2n) is 4.33. The molecule has 0 amide bonds. The smallest absolute Gasteiger partial charge is 0.159 e. The number of halogens is 1. The van der Waals surface area contributed by atoms with Crippen LogP contribution in [-0.2, 0) is 15.9 Å². The normalized spacial score (nSPS) is 18.1. The molecule has 100 valence electrons. The van der Waals surface area contributed by atoms with Gasteiger partial charge in [-0.2, -0.15) is 0 Å². The van der Waals surface area contributed by atoms with E-state index in [0.29, 0.717) is 24.3 Å². The summed E-state index contributed by atoms with van der Waals surface area (Å²) in [6, 6.07) is 2.27. The quantitative estimate of drug-likeness (QED) is 0.859. The molecule has 0 saturated carbocycles. The van der Waals surface area contributed by atoms with Gasteiger partial charge in [-0.05, 0) is 24.6 Å². The number of ether oxygens (including phenoxy) is 2. The van der Waals surface area contributed by atoms with Crippen molar-refractivity contribution in [1.82, 2.24) is 10.3 Å². The van der Waals surface area contributed by atoms with Crippen molar-refractivity contribution >= 4 is 11.6 Å². The average molecular weight is 271 g/mol. The van der Waals surface area contributed by atoms with Crippen molar-refractivity contribution in [3.63, 3.8) is 0 Å². The standard InChI is InChI=1S/C13H19ClN2O2/c1-2-16-11(8-13-17-5-6-18-13)7-10-3-4-15-9-12(10)14/h3-4,9,11,13,16H,2,5-8H2,1H3. The van der Waals surface area contributed by atoms with Crippen LogP contribution in [0, 0.1) is 0 Å². The summed E-state index contributed by atoms with van der Waals surface area (Å²) in [7, 11) is 0. The van der Waals surface area contributed by atoms with Crippen molar-refractivity contribution in [3.05, 3.63) is 29.0 Å². The highest BCUT2D eigenvalue weighted by molar-refractivity contribution is 6.31. The van der Waals surface area contributed by atoms with E-state index in [-0.39, 0.29) is 6.29 Å². The molecular formula is C13H19ClN2O2. The minimum atomic E-state index is -0.0883. The van der Waals surface area contributed by atoms with Crippen LogP contribution >= 0.6 is 11.6 Å². The Hall–Kier alpha value is -0.680. The fourth-order valence-corrected chi connectivity index (χ4v) is 2.33. The maximum atomic E-state index is 6.13. The summed E-state index contributed by atoms with van der Waals surface area (Å²) in [5, 5.41) is 4.16. The van der Waals surface area contributed by atoms with E-state index in [0.717, 1.165) is 24.9 Å². The maximum Gasteiger partial charge on any atom is 0.159 e. The van der Waals surface area contributed by atoms with Gasteiger partial charge in [-0.3, -0.25) is 4.98 Å². The van der Waals surface area contributed by atoms with Gasteiger partial charge in [0.05, 0.1) is 18.2 Å². The van der Waals surface area contributed by atoms with Gasteiger partial charge >= 0.3 is 0 Å². The van der Waals surface area contributed by atoms with Crippen molar-refractivity contribution in [2.24, 2.45) is 0 Å². The molecule has 18 heavy (non-hydrogen) atoms. The lowest BCUT2D eigenvalue weighted by Crippen LogP contribution is -2.34. The first kappa shape index (κ1) is 13.7. The second kappa shape index (κ2) is 7.04. The molecule has 2 rings (SSSR count). The molecule has 4 nitrogen and oxygen atoms in total. The van der Waals surface area contributed by atoms with Gasteiger partial charge in [0.25, 0.3) is 0 Å². The van der Waals surface area contributed by atoms with E-state index in [1.165, 1.54) is 0 Å². The maximum absolute atomic E-state index is 6.13. The minimum Gasteiger partial charge on any atom is -0.350 e. The zero-order valence-electron chi connectivity index (χ0n) is 10.6. The highest BCUT2D eigenvalue weighted by atomic mass is 35.5. The Balaban J connectivity index is 1.94. The molecule has 0 aliphatic carbocycles. The van der Waals surface area contributed by atoms with E-state index < -0.39 is 0 Å². The predicted molar refractivity (Wildman–Crippen MR) is 70.7 cm³/mol. The van der Waals surface area contributed by atoms with Crippen molar-refractivity contribution in [3.8, 4) is 0 Å². The van der Waals surface area contributed by atoms with Crippen LogP contribution in [0.15, 0.2) is 18.5 Å². The fourth-order valence-electron chi connectivity index (χ4n) is 2.14. The third-order valence-corrected chi connectivity index (χ3v) is 3.32. The van der Waals surface area contributed by atoms with E-state index in [1.54, 1.807) is 12.4 Å². The topological polar surface area (TPSA) is 43.4 Å². The largest absolute Gasteiger partial charge is 0.350 e. The molecule has 1 saturated heterocycles. The molecule has 1 aromatic heterocycles. The molecule has 1 atom stereocenters. The third kappa shape index (κ3) is 3.92. The van der Waals surface area contributed by atoms with Gasteiger partial charge in [0.1, 0.15) is 0 Å². The molecule has 0 aromatic carbocycles. The van der Waals surface area contributed by atoms with E-state index in [1.807, 2.05) is 6.07 Å². The SMILES string of the molecule is CCNC(Cc1ccncc1Cl)CC1OCCO1. The van der Waals surface area contributed by atoms with Crippen molar-refractivity contribution < 1.29 is 9.47 Å². The average Bonchev–Trinajstić information content (AvgIpc) is 2.85. The molecule has 5 heteroatoms. The first-order valence-electron chi connectivity index (χ1n) is 6.34. The highest BCUT2D eigenvalue weighted by Crippen LogP contribution is 2.18. The minimum absolute atomic E-state index is 0.0883. The molecule has 0 radical (unpaired) electrons. The summed E-state index contributed by atoms with van der Waals surface area (Å²) in [5.41, 5.74) is 1.11. The van der Waals surface area contributed by atoms with Gasteiger partial charge in [0, 0.05) is 24.9 Å². The second-order valence-corrected chi connectivity index (χ2v) is 4.74. The Morgan fingerprint density at radius 2 is 2.28 bits per heavy atom. The predicted octanol–water partition coefficient (Wildman–Crippen LogP) is 2.02. The number of pyridine rings is 1. The van der Waals surface area contributed by atoms with E-state index >= 15 is 0 Å². The lowest BCUT2D eigenvalue weighted by atomic mass is 10.0. The van der Waals surface area contributed by atoms with Crippen LogP contribution in [0.3, 0.4) is 0 Å². The first-order chi connectivity index (χ1) is 8.79. The van der Waals surface area contributed by atoms with Crippen LogP contribution in [0.4, 0.5) is 0 Å². The first-order valence-corrected chi connectivity index (χ1v) is 6.72. The van der Waals surface area contributed by atoms with Crippen molar-refractivity contribution in [1.29, 1.82) is 0 Å². The lowest BCUT2D eigenvalue weighted by molar-refractivity contribution is -0.0525. The summed E-state index contributed by atoms with van der Waals surface area (Å²) < 4.78 is 11.0. The zero-order valence-corrected chi connectivity index (χ0v) is 11.3. The molecule has 1 aromatic rings. The molecule has 1 unspecified atom stereocenters. The number of nitrogens with one attached hydrogen (secondary N) is 1. The van der Waals surface area contributed by atoms with Gasteiger partial charge in [-0.1, -0.05) is 18.5 Å². The van der Waals surface area contributed by atoms with E-state index in [9.17, 15) is 0 Å². The van der Waals surface area contributed by atoms with Crippen molar-refractivity contribution in [2.45, 2.75) is 32.1 Å². The molecule has 1 aliphatic heterocycles. The molecule has 0 spiro atoms. The van der Waals surface area contributed by atoms with Gasteiger partial charge in [-0.25, -0.2) is 0 Å². The summed E-state index contributed by atoms with van der Waals surface area (Å²) in [5.74, 6) is 0. The molecule has 0 bridgehead atoms. The monoisotopic (exact) mass is 270 g/mol. The van der Waals surface area contributed by atoms with Crippen LogP contribution in [0.2, 0.25) is 5.02 Å². The molecule has 2 heterocycles. The van der Waals surface area contributed by atoms with Crippen LogP contribution < -0.4 is 5.32 Å². The third-order valence-electron chi connectivity index (χ3n) is 2.98. The van der Waals surface area contributed by atoms with Gasteiger partial charge in [0.15, 0.2) is 6.29 Å². The Morgan fingerprint density at radius 1 is 1.50 bits per heavy atom. The van der Waals surface area contributed by atoms with E-state index in [2.05, 4.69) is 17.2 Å². The summed E-state index contributed by atoms with van der Waals surface area (Å²) in [4.78, 5) is 4.00. The van der Waals surface area contributed by atoms with E-state index in [4.69, 9.17) is 21.1 Å². The Bertz CT molecular complexity index is 370. The number of rotatable bonds is 6.